The second-order valence-corrected chi connectivity index (χ2v) is 5.24. The van der Waals surface area contributed by atoms with Crippen LogP contribution in [0.5, 0.6) is 5.75 Å². The van der Waals surface area contributed by atoms with Gasteiger partial charge in [0.05, 0.1) is 7.11 Å². The Morgan fingerprint density at radius 2 is 1.94 bits per heavy atom. The highest BCUT2D eigenvalue weighted by Crippen LogP contribution is 2.31. The maximum atomic E-state index is 5.27. The molecule has 0 saturated heterocycles. The quantitative estimate of drug-likeness (QED) is 0.753. The highest BCUT2D eigenvalue weighted by molar-refractivity contribution is 7.80. The Hall–Kier alpha value is -0.830. The molecule has 0 radical (unpaired) electrons. The lowest BCUT2D eigenvalue weighted by molar-refractivity contribution is 0.314. The fourth-order valence-electron chi connectivity index (χ4n) is 2.19. The Labute approximate surface area is 117 Å². The van der Waals surface area contributed by atoms with Gasteiger partial charge in [-0.2, -0.15) is 12.6 Å². The summed E-state index contributed by atoms with van der Waals surface area (Å²) in [5.74, 6) is 1.83. The normalized spacial score (nSPS) is 11.4. The minimum absolute atomic E-state index is 0.293. The number of methoxy groups -OCH3 is 1. The number of anilines is 1. The van der Waals surface area contributed by atoms with Crippen molar-refractivity contribution >= 4 is 18.3 Å². The van der Waals surface area contributed by atoms with E-state index in [-0.39, 0.29) is 0 Å². The Morgan fingerprint density at radius 1 is 1.28 bits per heavy atom. The van der Waals surface area contributed by atoms with E-state index >= 15 is 0 Å². The number of hydrogen-bond acceptors (Lipinski definition) is 3. The van der Waals surface area contributed by atoms with Crippen molar-refractivity contribution in [2.45, 2.75) is 26.7 Å². The van der Waals surface area contributed by atoms with Gasteiger partial charge in [0.2, 0.25) is 0 Å². The van der Waals surface area contributed by atoms with E-state index in [2.05, 4.69) is 50.6 Å². The van der Waals surface area contributed by atoms with Gasteiger partial charge in [-0.25, -0.2) is 0 Å². The third-order valence-electron chi connectivity index (χ3n) is 3.90. The molecule has 0 spiro atoms. The summed E-state index contributed by atoms with van der Waals surface area (Å²) in [5, 5.41) is 0. The van der Waals surface area contributed by atoms with E-state index in [0.717, 1.165) is 30.9 Å². The summed E-state index contributed by atoms with van der Waals surface area (Å²) >= 11 is 4.54. The van der Waals surface area contributed by atoms with Crippen LogP contribution in [0.25, 0.3) is 0 Å². The average molecular weight is 267 g/mol. The van der Waals surface area contributed by atoms with Crippen molar-refractivity contribution in [3.05, 3.63) is 24.3 Å². The summed E-state index contributed by atoms with van der Waals surface area (Å²) in [4.78, 5) is 2.30. The van der Waals surface area contributed by atoms with Crippen LogP contribution in [0.3, 0.4) is 0 Å². The van der Waals surface area contributed by atoms with Gasteiger partial charge >= 0.3 is 0 Å². The summed E-state index contributed by atoms with van der Waals surface area (Å²) in [6, 6.07) is 8.21. The molecule has 0 N–H and O–H groups in total. The molecule has 1 aromatic rings. The van der Waals surface area contributed by atoms with Crippen LogP contribution in [0.2, 0.25) is 0 Å². The molecule has 0 atom stereocenters. The third-order valence-corrected chi connectivity index (χ3v) is 4.57. The van der Waals surface area contributed by atoms with E-state index < -0.39 is 0 Å². The Morgan fingerprint density at radius 3 is 2.44 bits per heavy atom. The van der Waals surface area contributed by atoms with Gasteiger partial charge in [0.1, 0.15) is 5.75 Å². The number of thiol groups is 1. The summed E-state index contributed by atoms with van der Waals surface area (Å²) in [5.41, 5.74) is 1.49. The predicted octanol–water partition coefficient (Wildman–Crippen LogP) is 3.87. The van der Waals surface area contributed by atoms with E-state index in [1.165, 1.54) is 5.69 Å². The van der Waals surface area contributed by atoms with Crippen LogP contribution in [-0.4, -0.2) is 26.5 Å². The molecule has 0 unspecified atom stereocenters. The molecule has 0 saturated carbocycles. The minimum Gasteiger partial charge on any atom is -0.497 e. The highest BCUT2D eigenvalue weighted by atomic mass is 32.1. The monoisotopic (exact) mass is 267 g/mol. The smallest absolute Gasteiger partial charge is 0.120 e. The highest BCUT2D eigenvalue weighted by Gasteiger charge is 2.26. The molecular weight excluding hydrogens is 242 g/mol. The Kier molecular flexibility index (Phi) is 5.86. The molecule has 0 aliphatic heterocycles. The van der Waals surface area contributed by atoms with E-state index in [1.807, 2.05) is 12.1 Å². The molecule has 3 heteroatoms. The first kappa shape index (κ1) is 15.2. The molecule has 0 fully saturated rings. The predicted molar refractivity (Wildman–Crippen MR) is 83.1 cm³/mol. The first-order valence-electron chi connectivity index (χ1n) is 6.57. The second kappa shape index (κ2) is 6.93. The topological polar surface area (TPSA) is 12.5 Å². The number of hydrogen-bond donors (Lipinski definition) is 1. The molecule has 0 aliphatic rings. The van der Waals surface area contributed by atoms with Gasteiger partial charge in [0.15, 0.2) is 0 Å². The fourth-order valence-corrected chi connectivity index (χ4v) is 2.74. The Bertz CT molecular complexity index is 355. The van der Waals surface area contributed by atoms with Crippen molar-refractivity contribution in [2.24, 2.45) is 5.41 Å². The summed E-state index contributed by atoms with van der Waals surface area (Å²) < 4.78 is 5.27. The zero-order valence-electron chi connectivity index (χ0n) is 11.9. The first-order chi connectivity index (χ1) is 8.60. The van der Waals surface area contributed by atoms with Gasteiger partial charge in [-0.3, -0.25) is 0 Å². The average Bonchev–Trinajstić information content (AvgIpc) is 2.44. The summed E-state index contributed by atoms with van der Waals surface area (Å²) in [7, 11) is 3.84. The van der Waals surface area contributed by atoms with E-state index in [0.29, 0.717) is 5.41 Å². The number of benzene rings is 1. The van der Waals surface area contributed by atoms with Crippen molar-refractivity contribution in [1.29, 1.82) is 0 Å². The molecule has 0 bridgehead atoms. The molecule has 0 aromatic heterocycles. The standard InChI is InChI=1S/C15H25NOS/c1-5-15(6-2,12-18)11-16(3)13-8-7-9-14(10-13)17-4/h7-10,18H,5-6,11-12H2,1-4H3. The van der Waals surface area contributed by atoms with Crippen LogP contribution in [0, 0.1) is 5.41 Å². The molecule has 0 aliphatic carbocycles. The molecule has 102 valence electrons. The van der Waals surface area contributed by atoms with E-state index in [1.54, 1.807) is 7.11 Å². The first-order valence-corrected chi connectivity index (χ1v) is 7.20. The van der Waals surface area contributed by atoms with Gasteiger partial charge in [0, 0.05) is 25.3 Å². The van der Waals surface area contributed by atoms with Crippen molar-refractivity contribution in [3.63, 3.8) is 0 Å². The van der Waals surface area contributed by atoms with Crippen LogP contribution in [0.1, 0.15) is 26.7 Å². The van der Waals surface area contributed by atoms with Crippen molar-refractivity contribution in [1.82, 2.24) is 0 Å². The van der Waals surface area contributed by atoms with Crippen LogP contribution < -0.4 is 9.64 Å². The fraction of sp³-hybridized carbons (Fsp3) is 0.600. The SMILES string of the molecule is CCC(CC)(CS)CN(C)c1cccc(OC)c1. The van der Waals surface area contributed by atoms with E-state index in [9.17, 15) is 0 Å². The maximum absolute atomic E-state index is 5.27. The molecule has 0 amide bonds. The summed E-state index contributed by atoms with van der Waals surface area (Å²) in [6.45, 7) is 5.52. The zero-order valence-corrected chi connectivity index (χ0v) is 12.8. The lowest BCUT2D eigenvalue weighted by atomic mass is 9.84. The van der Waals surface area contributed by atoms with Crippen molar-refractivity contribution in [3.8, 4) is 5.75 Å². The largest absolute Gasteiger partial charge is 0.497 e. The van der Waals surface area contributed by atoms with Crippen molar-refractivity contribution < 1.29 is 4.74 Å². The molecule has 2 nitrogen and oxygen atoms in total. The number of nitrogens with zero attached hydrogens (tertiary/aromatic N) is 1. The van der Waals surface area contributed by atoms with Gasteiger partial charge in [-0.15, -0.1) is 0 Å². The lowest BCUT2D eigenvalue weighted by Gasteiger charge is -2.35. The lowest BCUT2D eigenvalue weighted by Crippen LogP contribution is -2.36. The van der Waals surface area contributed by atoms with E-state index in [4.69, 9.17) is 4.74 Å². The summed E-state index contributed by atoms with van der Waals surface area (Å²) in [6.07, 6.45) is 2.31. The molecule has 0 heterocycles. The molecule has 18 heavy (non-hydrogen) atoms. The van der Waals surface area contributed by atoms with Gasteiger partial charge < -0.3 is 9.64 Å². The zero-order chi connectivity index (χ0) is 13.6. The van der Waals surface area contributed by atoms with Crippen LogP contribution in [0.15, 0.2) is 24.3 Å². The van der Waals surface area contributed by atoms with Crippen molar-refractivity contribution in [2.75, 3.05) is 31.4 Å². The third kappa shape index (κ3) is 3.58. The maximum Gasteiger partial charge on any atom is 0.120 e. The number of ether oxygens (including phenoxy) is 1. The molecule has 1 aromatic carbocycles. The van der Waals surface area contributed by atoms with Crippen LogP contribution in [-0.2, 0) is 0 Å². The number of rotatable bonds is 7. The van der Waals surface area contributed by atoms with Gasteiger partial charge in [-0.1, -0.05) is 19.9 Å². The molecule has 1 rings (SSSR count). The van der Waals surface area contributed by atoms with Crippen LogP contribution >= 0.6 is 12.6 Å². The van der Waals surface area contributed by atoms with Gasteiger partial charge in [0.25, 0.3) is 0 Å². The Balaban J connectivity index is 2.83. The second-order valence-electron chi connectivity index (χ2n) is 4.92. The van der Waals surface area contributed by atoms with Gasteiger partial charge in [-0.05, 0) is 36.1 Å². The minimum atomic E-state index is 0.293. The molecular formula is C15H25NOS. The van der Waals surface area contributed by atoms with Crippen LogP contribution in [0.4, 0.5) is 5.69 Å².